The standard InChI is InChI=1S/C16H18N4O2/c21-15(14-8-5-9-17-14)18-12-6-1-2-7-13(12)19-16(22)20-10-3-4-11-20/h1-2,5-9,17H,3-4,10-11H2,(H,18,21)(H,19,22). The molecule has 1 fully saturated rings. The first-order chi connectivity index (χ1) is 10.7. The lowest BCUT2D eigenvalue weighted by Crippen LogP contribution is -2.32. The number of aromatic amines is 1. The molecule has 2 aromatic rings. The Hall–Kier alpha value is -2.76. The van der Waals surface area contributed by atoms with Gasteiger partial charge >= 0.3 is 6.03 Å². The maximum atomic E-state index is 12.2. The van der Waals surface area contributed by atoms with E-state index in [1.807, 2.05) is 12.1 Å². The van der Waals surface area contributed by atoms with Crippen LogP contribution in [0, 0.1) is 0 Å². The van der Waals surface area contributed by atoms with Crippen LogP contribution in [0.25, 0.3) is 0 Å². The molecule has 0 radical (unpaired) electrons. The Kier molecular flexibility index (Phi) is 4.09. The number of hydrogen-bond donors (Lipinski definition) is 3. The summed E-state index contributed by atoms with van der Waals surface area (Å²) in [6, 6.07) is 10.5. The van der Waals surface area contributed by atoms with E-state index in [-0.39, 0.29) is 11.9 Å². The van der Waals surface area contributed by atoms with E-state index >= 15 is 0 Å². The maximum absolute atomic E-state index is 12.2. The summed E-state index contributed by atoms with van der Waals surface area (Å²) in [6.45, 7) is 1.56. The highest BCUT2D eigenvalue weighted by atomic mass is 16.2. The van der Waals surface area contributed by atoms with Crippen molar-refractivity contribution in [3.63, 3.8) is 0 Å². The fourth-order valence-electron chi connectivity index (χ4n) is 2.48. The number of carbonyl (C=O) groups excluding carboxylic acids is 2. The smallest absolute Gasteiger partial charge is 0.321 e. The molecular formula is C16H18N4O2. The number of benzene rings is 1. The summed E-state index contributed by atoms with van der Waals surface area (Å²) < 4.78 is 0. The van der Waals surface area contributed by atoms with E-state index in [2.05, 4.69) is 15.6 Å². The molecule has 3 N–H and O–H groups in total. The van der Waals surface area contributed by atoms with Gasteiger partial charge in [-0.3, -0.25) is 4.79 Å². The van der Waals surface area contributed by atoms with E-state index in [0.29, 0.717) is 17.1 Å². The molecule has 2 heterocycles. The van der Waals surface area contributed by atoms with Crippen LogP contribution in [0.2, 0.25) is 0 Å². The maximum Gasteiger partial charge on any atom is 0.321 e. The van der Waals surface area contributed by atoms with E-state index in [0.717, 1.165) is 25.9 Å². The van der Waals surface area contributed by atoms with Crippen molar-refractivity contribution in [1.82, 2.24) is 9.88 Å². The molecule has 3 amide bonds. The van der Waals surface area contributed by atoms with Crippen molar-refractivity contribution >= 4 is 23.3 Å². The number of amides is 3. The zero-order valence-corrected chi connectivity index (χ0v) is 12.1. The first-order valence-electron chi connectivity index (χ1n) is 7.34. The molecule has 1 aromatic heterocycles. The molecule has 6 nitrogen and oxygen atoms in total. The van der Waals surface area contributed by atoms with Gasteiger partial charge in [0.2, 0.25) is 0 Å². The minimum absolute atomic E-state index is 0.126. The topological polar surface area (TPSA) is 77.2 Å². The molecular weight excluding hydrogens is 280 g/mol. The van der Waals surface area contributed by atoms with Gasteiger partial charge in [0.05, 0.1) is 11.4 Å². The highest BCUT2D eigenvalue weighted by Crippen LogP contribution is 2.22. The lowest BCUT2D eigenvalue weighted by atomic mass is 10.2. The van der Waals surface area contributed by atoms with E-state index < -0.39 is 0 Å². The summed E-state index contributed by atoms with van der Waals surface area (Å²) in [5.74, 6) is -0.243. The fourth-order valence-corrected chi connectivity index (χ4v) is 2.48. The zero-order valence-electron chi connectivity index (χ0n) is 12.1. The van der Waals surface area contributed by atoms with Crippen molar-refractivity contribution in [2.24, 2.45) is 0 Å². The van der Waals surface area contributed by atoms with E-state index in [1.54, 1.807) is 35.4 Å². The third-order valence-electron chi connectivity index (χ3n) is 3.65. The van der Waals surface area contributed by atoms with Gasteiger partial charge in [0.1, 0.15) is 5.69 Å². The Balaban J connectivity index is 1.72. The summed E-state index contributed by atoms with van der Waals surface area (Å²) >= 11 is 0. The second kappa shape index (κ2) is 6.34. The predicted octanol–water partition coefficient (Wildman–Crippen LogP) is 2.89. The van der Waals surface area contributed by atoms with Crippen molar-refractivity contribution in [3.8, 4) is 0 Å². The molecule has 0 spiro atoms. The third kappa shape index (κ3) is 3.11. The van der Waals surface area contributed by atoms with Gasteiger partial charge in [-0.15, -0.1) is 0 Å². The normalized spacial score (nSPS) is 13.9. The second-order valence-corrected chi connectivity index (χ2v) is 5.21. The summed E-state index contributed by atoms with van der Waals surface area (Å²) in [7, 11) is 0. The summed E-state index contributed by atoms with van der Waals surface area (Å²) in [4.78, 5) is 28.9. The molecule has 114 valence electrons. The Labute approximate surface area is 128 Å². The van der Waals surface area contributed by atoms with Gasteiger partial charge in [0.15, 0.2) is 0 Å². The van der Waals surface area contributed by atoms with Crippen LogP contribution in [-0.4, -0.2) is 34.9 Å². The molecule has 22 heavy (non-hydrogen) atoms. The number of likely N-dealkylation sites (tertiary alicyclic amines) is 1. The van der Waals surface area contributed by atoms with Crippen molar-refractivity contribution in [1.29, 1.82) is 0 Å². The number of nitrogens with zero attached hydrogens (tertiary/aromatic N) is 1. The molecule has 1 saturated heterocycles. The highest BCUT2D eigenvalue weighted by Gasteiger charge is 2.19. The lowest BCUT2D eigenvalue weighted by molar-refractivity contribution is 0.102. The molecule has 1 aliphatic rings. The lowest BCUT2D eigenvalue weighted by Gasteiger charge is -2.18. The third-order valence-corrected chi connectivity index (χ3v) is 3.65. The number of hydrogen-bond acceptors (Lipinski definition) is 2. The van der Waals surface area contributed by atoms with Gasteiger partial charge < -0.3 is 20.5 Å². The molecule has 3 rings (SSSR count). The largest absolute Gasteiger partial charge is 0.357 e. The Morgan fingerprint density at radius 2 is 1.64 bits per heavy atom. The van der Waals surface area contributed by atoms with Crippen LogP contribution >= 0.6 is 0 Å². The molecule has 1 aromatic carbocycles. The molecule has 0 saturated carbocycles. The minimum Gasteiger partial charge on any atom is -0.357 e. The van der Waals surface area contributed by atoms with Crippen molar-refractivity contribution < 1.29 is 9.59 Å². The summed E-state index contributed by atoms with van der Waals surface area (Å²) in [6.07, 6.45) is 3.77. The molecule has 0 bridgehead atoms. The van der Waals surface area contributed by atoms with Crippen LogP contribution in [0.4, 0.5) is 16.2 Å². The first kappa shape index (κ1) is 14.2. The quantitative estimate of drug-likeness (QED) is 0.814. The monoisotopic (exact) mass is 298 g/mol. The van der Waals surface area contributed by atoms with Crippen LogP contribution < -0.4 is 10.6 Å². The number of H-pyrrole nitrogens is 1. The van der Waals surface area contributed by atoms with Gasteiger partial charge in [0, 0.05) is 19.3 Å². The first-order valence-corrected chi connectivity index (χ1v) is 7.34. The SMILES string of the molecule is O=C(Nc1ccccc1NC(=O)N1CCCC1)c1ccc[nH]1. The number of urea groups is 1. The van der Waals surface area contributed by atoms with Crippen molar-refractivity contribution in [3.05, 3.63) is 48.3 Å². The number of nitrogens with one attached hydrogen (secondary N) is 3. The van der Waals surface area contributed by atoms with Gasteiger partial charge in [-0.25, -0.2) is 4.79 Å². The van der Waals surface area contributed by atoms with Crippen molar-refractivity contribution in [2.45, 2.75) is 12.8 Å². The highest BCUT2D eigenvalue weighted by molar-refractivity contribution is 6.06. The zero-order chi connectivity index (χ0) is 15.4. The number of rotatable bonds is 3. The van der Waals surface area contributed by atoms with Crippen LogP contribution in [0.1, 0.15) is 23.3 Å². The van der Waals surface area contributed by atoms with Gasteiger partial charge in [0.25, 0.3) is 5.91 Å². The van der Waals surface area contributed by atoms with Gasteiger partial charge in [-0.1, -0.05) is 12.1 Å². The molecule has 0 unspecified atom stereocenters. The van der Waals surface area contributed by atoms with E-state index in [1.165, 1.54) is 0 Å². The van der Waals surface area contributed by atoms with E-state index in [4.69, 9.17) is 0 Å². The van der Waals surface area contributed by atoms with Crippen LogP contribution in [-0.2, 0) is 0 Å². The molecule has 6 heteroatoms. The average molecular weight is 298 g/mol. The minimum atomic E-state index is -0.243. The summed E-state index contributed by atoms with van der Waals surface area (Å²) in [5, 5.41) is 5.67. The Morgan fingerprint density at radius 1 is 0.955 bits per heavy atom. The number of aromatic nitrogens is 1. The second-order valence-electron chi connectivity index (χ2n) is 5.21. The predicted molar refractivity (Wildman–Crippen MR) is 85.0 cm³/mol. The van der Waals surface area contributed by atoms with Crippen LogP contribution in [0.5, 0.6) is 0 Å². The number of anilines is 2. The van der Waals surface area contributed by atoms with Gasteiger partial charge in [-0.05, 0) is 37.1 Å². The Bertz CT molecular complexity index is 661. The Morgan fingerprint density at radius 3 is 2.27 bits per heavy atom. The fraction of sp³-hybridized carbons (Fsp3) is 0.250. The van der Waals surface area contributed by atoms with Crippen LogP contribution in [0.3, 0.4) is 0 Å². The van der Waals surface area contributed by atoms with Crippen molar-refractivity contribution in [2.75, 3.05) is 23.7 Å². The average Bonchev–Trinajstić information content (AvgIpc) is 3.23. The van der Waals surface area contributed by atoms with Gasteiger partial charge in [-0.2, -0.15) is 0 Å². The molecule has 1 aliphatic heterocycles. The van der Waals surface area contributed by atoms with E-state index in [9.17, 15) is 9.59 Å². The molecule has 0 aliphatic carbocycles. The summed E-state index contributed by atoms with van der Waals surface area (Å²) in [5.41, 5.74) is 1.65. The number of carbonyl (C=O) groups is 2. The molecule has 0 atom stereocenters. The number of para-hydroxylation sites is 2. The van der Waals surface area contributed by atoms with Crippen LogP contribution in [0.15, 0.2) is 42.6 Å².